The SMILES string of the molecule is CC1(C)OB(c2ccc(C(=O)NCCN(CC(=O)ON3C(=O)CCC3=O)C(=O)c3ccc(B4OC(C)(C)C(C)(C)O4)c(F)c3)cc2F)OC1(C)C. The van der Waals surface area contributed by atoms with Crippen molar-refractivity contribution in [1.82, 2.24) is 15.3 Å². The maximum absolute atomic E-state index is 15.4. The molecule has 3 saturated heterocycles. The van der Waals surface area contributed by atoms with Crippen LogP contribution >= 0.6 is 0 Å². The van der Waals surface area contributed by atoms with Crippen molar-refractivity contribution in [3.8, 4) is 0 Å². The summed E-state index contributed by atoms with van der Waals surface area (Å²) in [5.41, 5.74) is -2.87. The van der Waals surface area contributed by atoms with E-state index in [9.17, 15) is 24.0 Å². The van der Waals surface area contributed by atoms with Gasteiger partial charge >= 0.3 is 20.2 Å². The van der Waals surface area contributed by atoms with Crippen LogP contribution in [0, 0.1) is 11.6 Å². The lowest BCUT2D eigenvalue weighted by Crippen LogP contribution is -2.44. The second-order valence-corrected chi connectivity index (χ2v) is 14.7. The fourth-order valence-corrected chi connectivity index (χ4v) is 5.44. The Hall–Kier alpha value is -4.18. The van der Waals surface area contributed by atoms with Crippen molar-refractivity contribution in [2.24, 2.45) is 0 Å². The number of hydroxylamine groups is 2. The van der Waals surface area contributed by atoms with Gasteiger partial charge in [-0.3, -0.25) is 19.2 Å². The molecule has 3 aliphatic heterocycles. The van der Waals surface area contributed by atoms with Crippen molar-refractivity contribution in [1.29, 1.82) is 0 Å². The van der Waals surface area contributed by atoms with Crippen molar-refractivity contribution in [3.63, 3.8) is 0 Å². The molecule has 0 aliphatic carbocycles. The molecule has 3 fully saturated rings. The number of nitrogens with one attached hydrogen (secondary N) is 1. The van der Waals surface area contributed by atoms with Crippen LogP contribution in [-0.4, -0.2) is 95.8 Å². The molecule has 0 bridgehead atoms. The van der Waals surface area contributed by atoms with Crippen molar-refractivity contribution in [2.45, 2.75) is 90.6 Å². The molecule has 3 heterocycles. The Bertz CT molecular complexity index is 1720. The van der Waals surface area contributed by atoms with Crippen LogP contribution in [0.25, 0.3) is 0 Å². The average molecular weight is 711 g/mol. The molecule has 2 aromatic carbocycles. The van der Waals surface area contributed by atoms with Crippen molar-refractivity contribution < 1.29 is 56.2 Å². The quantitative estimate of drug-likeness (QED) is 0.287. The first kappa shape index (κ1) is 38.1. The Morgan fingerprint density at radius 1 is 0.765 bits per heavy atom. The average Bonchev–Trinajstić information content (AvgIpc) is 3.55. The Labute approximate surface area is 295 Å². The zero-order valence-electron chi connectivity index (χ0n) is 29.9. The summed E-state index contributed by atoms with van der Waals surface area (Å²) in [5.74, 6) is -5.57. The summed E-state index contributed by atoms with van der Waals surface area (Å²) >= 11 is 0. The number of hydrogen-bond donors (Lipinski definition) is 1. The standard InChI is InChI=1S/C34H41B2F2N3O10/c1-31(2)32(3,4)49-35(48-31)22-11-9-20(17-24(22)37)29(45)39-15-16-40(19-28(44)47-41-26(42)13-14-27(41)43)30(46)21-10-12-23(25(38)18-21)36-50-33(5,6)34(7,8)51-36/h9-12,17-18H,13-16,19H2,1-8H3,(H,39,45). The summed E-state index contributed by atoms with van der Waals surface area (Å²) in [4.78, 5) is 69.3. The van der Waals surface area contributed by atoms with E-state index in [0.29, 0.717) is 5.06 Å². The van der Waals surface area contributed by atoms with Crippen LogP contribution in [0.4, 0.5) is 8.78 Å². The molecule has 2 aromatic rings. The van der Waals surface area contributed by atoms with Gasteiger partial charge in [0, 0.05) is 48.0 Å². The molecule has 4 amide bonds. The number of carbonyl (C=O) groups excluding carboxylic acids is 5. The van der Waals surface area contributed by atoms with Gasteiger partial charge in [0.15, 0.2) is 0 Å². The number of hydrogen-bond acceptors (Lipinski definition) is 10. The van der Waals surface area contributed by atoms with E-state index in [1.165, 1.54) is 24.3 Å². The Kier molecular flexibility index (Phi) is 10.3. The van der Waals surface area contributed by atoms with Crippen LogP contribution in [0.15, 0.2) is 36.4 Å². The highest BCUT2D eigenvalue weighted by Crippen LogP contribution is 2.37. The highest BCUT2D eigenvalue weighted by Gasteiger charge is 2.53. The predicted octanol–water partition coefficient (Wildman–Crippen LogP) is 2.04. The first-order valence-corrected chi connectivity index (χ1v) is 16.6. The van der Waals surface area contributed by atoms with Crippen LogP contribution in [0.3, 0.4) is 0 Å². The van der Waals surface area contributed by atoms with E-state index in [-0.39, 0.29) is 48.0 Å². The van der Waals surface area contributed by atoms with Crippen LogP contribution < -0.4 is 16.2 Å². The Balaban J connectivity index is 1.28. The zero-order chi connectivity index (χ0) is 37.7. The predicted molar refractivity (Wildman–Crippen MR) is 180 cm³/mol. The van der Waals surface area contributed by atoms with E-state index >= 15 is 8.78 Å². The number of halogens is 2. The monoisotopic (exact) mass is 711 g/mol. The molecule has 3 aliphatic rings. The van der Waals surface area contributed by atoms with E-state index in [1.54, 1.807) is 0 Å². The number of imide groups is 1. The molecule has 51 heavy (non-hydrogen) atoms. The molecule has 13 nitrogen and oxygen atoms in total. The molecule has 5 rings (SSSR count). The number of benzene rings is 2. The van der Waals surface area contributed by atoms with Gasteiger partial charge in [-0.15, -0.1) is 5.06 Å². The van der Waals surface area contributed by atoms with Gasteiger partial charge in [-0.25, -0.2) is 13.6 Å². The highest BCUT2D eigenvalue weighted by atomic mass is 19.1. The summed E-state index contributed by atoms with van der Waals surface area (Å²) < 4.78 is 54.3. The molecule has 0 radical (unpaired) electrons. The second-order valence-electron chi connectivity index (χ2n) is 14.7. The number of rotatable bonds is 10. The smallest absolute Gasteiger partial charge is 0.399 e. The van der Waals surface area contributed by atoms with Gasteiger partial charge in [0.25, 0.3) is 23.6 Å². The first-order chi connectivity index (χ1) is 23.6. The van der Waals surface area contributed by atoms with Gasteiger partial charge in [-0.05, 0) is 79.7 Å². The number of amides is 4. The van der Waals surface area contributed by atoms with Crippen LogP contribution in [0.5, 0.6) is 0 Å². The Morgan fingerprint density at radius 3 is 1.65 bits per heavy atom. The minimum absolute atomic E-state index is 0.0310. The van der Waals surface area contributed by atoms with Gasteiger partial charge in [-0.1, -0.05) is 12.1 Å². The third-order valence-electron chi connectivity index (χ3n) is 10.00. The van der Waals surface area contributed by atoms with Crippen molar-refractivity contribution in [2.75, 3.05) is 19.6 Å². The van der Waals surface area contributed by atoms with Crippen LogP contribution in [0.2, 0.25) is 0 Å². The van der Waals surface area contributed by atoms with Gasteiger partial charge in [0.05, 0.1) is 22.4 Å². The maximum atomic E-state index is 15.4. The largest absolute Gasteiger partial charge is 0.497 e. The molecule has 272 valence electrons. The minimum Gasteiger partial charge on any atom is -0.399 e. The van der Waals surface area contributed by atoms with Gasteiger partial charge in [0.2, 0.25) is 0 Å². The lowest BCUT2D eigenvalue weighted by molar-refractivity contribution is -0.197. The molecule has 0 unspecified atom stereocenters. The van der Waals surface area contributed by atoms with E-state index in [0.717, 1.165) is 17.0 Å². The third kappa shape index (κ3) is 7.71. The summed E-state index contributed by atoms with van der Waals surface area (Å²) in [6, 6.07) is 7.46. The van der Waals surface area contributed by atoms with Gasteiger partial charge in [-0.2, -0.15) is 0 Å². The maximum Gasteiger partial charge on any atom is 0.497 e. The van der Waals surface area contributed by atoms with Gasteiger partial charge < -0.3 is 33.7 Å². The summed E-state index contributed by atoms with van der Waals surface area (Å²) in [7, 11) is -2.01. The fraction of sp³-hybridized carbons (Fsp3) is 0.500. The normalized spacial score (nSPS) is 20.2. The number of nitrogens with zero attached hydrogens (tertiary/aromatic N) is 2. The topological polar surface area (TPSA) is 150 Å². The second kappa shape index (κ2) is 13.7. The minimum atomic E-state index is -1.12. The van der Waals surface area contributed by atoms with E-state index in [1.807, 2.05) is 55.4 Å². The molecule has 1 N–H and O–H groups in total. The summed E-state index contributed by atoms with van der Waals surface area (Å²) in [6.07, 6.45) is -0.263. The molecule has 0 aromatic heterocycles. The van der Waals surface area contributed by atoms with Crippen LogP contribution in [0.1, 0.15) is 88.9 Å². The molecule has 17 heteroatoms. The molecule has 0 atom stereocenters. The van der Waals surface area contributed by atoms with Gasteiger partial charge in [0.1, 0.15) is 18.2 Å². The van der Waals surface area contributed by atoms with Crippen molar-refractivity contribution in [3.05, 3.63) is 59.2 Å². The summed E-state index contributed by atoms with van der Waals surface area (Å²) in [6.45, 7) is 13.3. The van der Waals surface area contributed by atoms with Crippen LogP contribution in [-0.2, 0) is 37.8 Å². The van der Waals surface area contributed by atoms with E-state index < -0.39 is 84.4 Å². The summed E-state index contributed by atoms with van der Waals surface area (Å²) in [5, 5.41) is 2.91. The van der Waals surface area contributed by atoms with Crippen molar-refractivity contribution >= 4 is 54.8 Å². The zero-order valence-corrected chi connectivity index (χ0v) is 29.9. The highest BCUT2D eigenvalue weighted by molar-refractivity contribution is 6.62. The molecular weight excluding hydrogens is 670 g/mol. The van der Waals surface area contributed by atoms with E-state index in [4.69, 9.17) is 23.5 Å². The third-order valence-corrected chi connectivity index (χ3v) is 10.00. The molecule has 0 saturated carbocycles. The lowest BCUT2D eigenvalue weighted by atomic mass is 9.78. The number of carbonyl (C=O) groups is 5. The van der Waals surface area contributed by atoms with E-state index in [2.05, 4.69) is 5.32 Å². The molecular formula is C34H41B2F2N3O10. The fourth-order valence-electron chi connectivity index (χ4n) is 5.44. The lowest BCUT2D eigenvalue weighted by Gasteiger charge is -2.32. The Morgan fingerprint density at radius 2 is 1.20 bits per heavy atom. The first-order valence-electron chi connectivity index (χ1n) is 16.6. The molecule has 0 spiro atoms.